The second kappa shape index (κ2) is 9.20. The van der Waals surface area contributed by atoms with E-state index in [1.165, 1.54) is 38.5 Å². The molecule has 0 saturated heterocycles. The van der Waals surface area contributed by atoms with Crippen LogP contribution in [-0.2, 0) is 4.79 Å². The maximum absolute atomic E-state index is 13.9. The first-order valence-corrected chi connectivity index (χ1v) is 8.09. The predicted octanol–water partition coefficient (Wildman–Crippen LogP) is 4.87. The summed E-state index contributed by atoms with van der Waals surface area (Å²) in [6.45, 7) is 2.22. The van der Waals surface area contributed by atoms with E-state index in [2.05, 4.69) is 18.8 Å². The number of hydrogen-bond donors (Lipinski definition) is 0. The van der Waals surface area contributed by atoms with Crippen LogP contribution in [0.15, 0.2) is 11.5 Å². The Labute approximate surface area is 120 Å². The van der Waals surface area contributed by atoms with Crippen LogP contribution in [0.1, 0.15) is 58.3 Å². The van der Waals surface area contributed by atoms with Crippen molar-refractivity contribution < 1.29 is 9.18 Å². The summed E-state index contributed by atoms with van der Waals surface area (Å²) in [5, 5.41) is -0.228. The van der Waals surface area contributed by atoms with E-state index in [0.29, 0.717) is 6.29 Å². The highest BCUT2D eigenvalue weighted by atomic mass is 32.2. The third-order valence-electron chi connectivity index (χ3n) is 3.27. The van der Waals surface area contributed by atoms with Gasteiger partial charge in [0, 0.05) is 6.42 Å². The first-order valence-electron chi connectivity index (χ1n) is 7.21. The van der Waals surface area contributed by atoms with E-state index in [1.54, 1.807) is 11.5 Å². The number of unbranched alkanes of at least 4 members (excludes halogenated alkanes) is 7. The minimum absolute atomic E-state index is 0.366. The van der Waals surface area contributed by atoms with E-state index in [9.17, 15) is 9.18 Å². The summed E-state index contributed by atoms with van der Waals surface area (Å²) in [6, 6.07) is 0. The standard InChI is InChI=1S/C16H23FOS/c1-2-3-4-5-6-7-8-9-10-11-15-12-13-19-16(15,17)14-18/h12-15H,2-9H2,1H3. The zero-order valence-corrected chi connectivity index (χ0v) is 12.5. The molecule has 1 nitrogen and oxygen atoms in total. The molecule has 0 aromatic heterocycles. The number of halogens is 1. The van der Waals surface area contributed by atoms with Crippen LogP contribution >= 0.6 is 11.8 Å². The second-order valence-electron chi connectivity index (χ2n) is 4.93. The molecule has 0 aromatic carbocycles. The van der Waals surface area contributed by atoms with E-state index in [-0.39, 0.29) is 0 Å². The lowest BCUT2D eigenvalue weighted by molar-refractivity contribution is -0.113. The molecule has 2 unspecified atom stereocenters. The van der Waals surface area contributed by atoms with Gasteiger partial charge in [0.05, 0.1) is 5.92 Å². The number of hydrogen-bond acceptors (Lipinski definition) is 2. The first-order chi connectivity index (χ1) is 9.23. The molecule has 1 aliphatic rings. The summed E-state index contributed by atoms with van der Waals surface area (Å²) < 4.78 is 13.9. The molecule has 19 heavy (non-hydrogen) atoms. The quantitative estimate of drug-likeness (QED) is 0.359. The molecule has 0 fully saturated rings. The monoisotopic (exact) mass is 282 g/mol. The number of thioether (sulfide) groups is 1. The molecule has 0 amide bonds. The van der Waals surface area contributed by atoms with E-state index >= 15 is 0 Å². The highest BCUT2D eigenvalue weighted by Crippen LogP contribution is 2.40. The van der Waals surface area contributed by atoms with Gasteiger partial charge < -0.3 is 0 Å². The summed E-state index contributed by atoms with van der Waals surface area (Å²) in [6.07, 6.45) is 11.6. The minimum atomic E-state index is -1.85. The normalized spacial score (nSPS) is 25.1. The van der Waals surface area contributed by atoms with Crippen molar-refractivity contribution in [3.8, 4) is 11.8 Å². The Hall–Kier alpha value is -0.750. The lowest BCUT2D eigenvalue weighted by Crippen LogP contribution is -2.25. The molecule has 0 N–H and O–H groups in total. The zero-order valence-electron chi connectivity index (χ0n) is 11.7. The fourth-order valence-corrected chi connectivity index (χ4v) is 2.81. The Morgan fingerprint density at radius 3 is 2.63 bits per heavy atom. The maximum Gasteiger partial charge on any atom is 0.231 e. The lowest BCUT2D eigenvalue weighted by atomic mass is 10.0. The van der Waals surface area contributed by atoms with E-state index in [1.807, 2.05) is 0 Å². The number of aldehydes is 1. The summed E-state index contributed by atoms with van der Waals surface area (Å²) in [4.78, 5) is 10.7. The SMILES string of the molecule is CCCCCCCCCC#CC1C=CSC1(F)C=O. The first kappa shape index (κ1) is 16.3. The van der Waals surface area contributed by atoms with Gasteiger partial charge in [-0.15, -0.1) is 5.92 Å². The molecular formula is C16H23FOS. The minimum Gasteiger partial charge on any atom is -0.299 e. The summed E-state index contributed by atoms with van der Waals surface area (Å²) in [5.74, 6) is 5.31. The van der Waals surface area contributed by atoms with Crippen molar-refractivity contribution in [2.24, 2.45) is 5.92 Å². The molecule has 1 aliphatic heterocycles. The average Bonchev–Trinajstić information content (AvgIpc) is 2.79. The Kier molecular flexibility index (Phi) is 7.90. The van der Waals surface area contributed by atoms with Gasteiger partial charge in [0.15, 0.2) is 6.29 Å². The topological polar surface area (TPSA) is 17.1 Å². The van der Waals surface area contributed by atoms with E-state index < -0.39 is 10.9 Å². The van der Waals surface area contributed by atoms with Crippen LogP contribution in [0.4, 0.5) is 4.39 Å². The molecule has 106 valence electrons. The van der Waals surface area contributed by atoms with Crippen LogP contribution in [0.25, 0.3) is 0 Å². The molecule has 1 heterocycles. The second-order valence-corrected chi connectivity index (χ2v) is 6.07. The molecule has 0 spiro atoms. The van der Waals surface area contributed by atoms with Crippen molar-refractivity contribution in [1.82, 2.24) is 0 Å². The molecule has 0 bridgehead atoms. The largest absolute Gasteiger partial charge is 0.299 e. The van der Waals surface area contributed by atoms with Gasteiger partial charge in [0.1, 0.15) is 0 Å². The number of allylic oxidation sites excluding steroid dienone is 1. The molecular weight excluding hydrogens is 259 g/mol. The smallest absolute Gasteiger partial charge is 0.231 e. The molecule has 0 aliphatic carbocycles. The van der Waals surface area contributed by atoms with Crippen molar-refractivity contribution in [1.29, 1.82) is 0 Å². The predicted molar refractivity (Wildman–Crippen MR) is 80.5 cm³/mol. The molecule has 3 heteroatoms. The Balaban J connectivity index is 2.11. The molecule has 2 atom stereocenters. The fraction of sp³-hybridized carbons (Fsp3) is 0.688. The van der Waals surface area contributed by atoms with Crippen LogP contribution in [-0.4, -0.2) is 11.3 Å². The van der Waals surface area contributed by atoms with Crippen LogP contribution in [0.2, 0.25) is 0 Å². The lowest BCUT2D eigenvalue weighted by Gasteiger charge is -2.14. The van der Waals surface area contributed by atoms with Gasteiger partial charge in [-0.1, -0.05) is 69.2 Å². The Morgan fingerprint density at radius 1 is 1.26 bits per heavy atom. The summed E-state index contributed by atoms with van der Waals surface area (Å²) >= 11 is 0.914. The number of rotatable bonds is 8. The van der Waals surface area contributed by atoms with Crippen molar-refractivity contribution in [2.45, 2.75) is 63.3 Å². The van der Waals surface area contributed by atoms with E-state index in [4.69, 9.17) is 0 Å². The van der Waals surface area contributed by atoms with Crippen LogP contribution in [0, 0.1) is 17.8 Å². The van der Waals surface area contributed by atoms with Crippen molar-refractivity contribution in [2.75, 3.05) is 0 Å². The number of carbonyl (C=O) groups excluding carboxylic acids is 1. The van der Waals surface area contributed by atoms with Gasteiger partial charge in [0.2, 0.25) is 5.00 Å². The van der Waals surface area contributed by atoms with Crippen LogP contribution < -0.4 is 0 Å². The highest BCUT2D eigenvalue weighted by Gasteiger charge is 2.40. The molecule has 0 aromatic rings. The number of carbonyl (C=O) groups is 1. The van der Waals surface area contributed by atoms with Crippen molar-refractivity contribution >= 4 is 18.0 Å². The molecule has 0 saturated carbocycles. The summed E-state index contributed by atoms with van der Waals surface area (Å²) in [7, 11) is 0. The van der Waals surface area contributed by atoms with Gasteiger partial charge in [-0.3, -0.25) is 4.79 Å². The highest BCUT2D eigenvalue weighted by molar-refractivity contribution is 8.04. The van der Waals surface area contributed by atoms with Gasteiger partial charge in [-0.05, 0) is 11.8 Å². The van der Waals surface area contributed by atoms with E-state index in [0.717, 1.165) is 24.6 Å². The average molecular weight is 282 g/mol. The van der Waals surface area contributed by atoms with Gasteiger partial charge >= 0.3 is 0 Å². The van der Waals surface area contributed by atoms with Gasteiger partial charge in [0.25, 0.3) is 0 Å². The molecule has 0 radical (unpaired) electrons. The fourth-order valence-electron chi connectivity index (χ4n) is 2.03. The number of alkyl halides is 1. The zero-order chi connectivity index (χ0) is 14.0. The van der Waals surface area contributed by atoms with Crippen LogP contribution in [0.5, 0.6) is 0 Å². The summed E-state index contributed by atoms with van der Waals surface area (Å²) in [5.41, 5.74) is 0. The van der Waals surface area contributed by atoms with Crippen LogP contribution in [0.3, 0.4) is 0 Å². The van der Waals surface area contributed by atoms with Gasteiger partial charge in [-0.2, -0.15) is 0 Å². The van der Waals surface area contributed by atoms with Crippen molar-refractivity contribution in [3.63, 3.8) is 0 Å². The Bertz CT molecular complexity index is 355. The van der Waals surface area contributed by atoms with Crippen molar-refractivity contribution in [3.05, 3.63) is 11.5 Å². The molecule has 1 rings (SSSR count). The third kappa shape index (κ3) is 5.82. The Morgan fingerprint density at radius 2 is 1.95 bits per heavy atom. The maximum atomic E-state index is 13.9. The van der Waals surface area contributed by atoms with Gasteiger partial charge in [-0.25, -0.2) is 4.39 Å². The third-order valence-corrected chi connectivity index (χ3v) is 4.27.